The molecule has 4 heteroatoms. The van der Waals surface area contributed by atoms with Crippen molar-refractivity contribution in [3.8, 4) is 0 Å². The minimum atomic E-state index is -1.34. The maximum atomic E-state index is 14.3. The van der Waals surface area contributed by atoms with E-state index < -0.39 is 5.67 Å². The highest BCUT2D eigenvalue weighted by Gasteiger charge is 2.26. The Morgan fingerprint density at radius 3 is 2.57 bits per heavy atom. The van der Waals surface area contributed by atoms with Gasteiger partial charge < -0.3 is 15.5 Å². The maximum absolute atomic E-state index is 14.3. The number of allylic oxidation sites excluding steroid dienone is 2. The zero-order valence-corrected chi connectivity index (χ0v) is 21.8. The molecule has 0 spiro atoms. The first kappa shape index (κ1) is 25.1. The van der Waals surface area contributed by atoms with Gasteiger partial charge in [-0.25, -0.2) is 4.39 Å². The van der Waals surface area contributed by atoms with Gasteiger partial charge in [-0.3, -0.25) is 0 Å². The lowest BCUT2D eigenvalue weighted by atomic mass is 9.83. The van der Waals surface area contributed by atoms with Crippen LogP contribution in [0, 0.1) is 12.8 Å². The van der Waals surface area contributed by atoms with E-state index in [1.54, 1.807) is 13.8 Å². The summed E-state index contributed by atoms with van der Waals surface area (Å²) in [6, 6.07) is 12.8. The molecule has 0 bridgehead atoms. The molecule has 4 rings (SSSR count). The molecular weight excluding hydrogens is 433 g/mol. The first-order chi connectivity index (χ1) is 16.5. The molecule has 2 aromatic carbocycles. The van der Waals surface area contributed by atoms with Crippen LogP contribution in [0.25, 0.3) is 5.70 Å². The van der Waals surface area contributed by atoms with E-state index in [2.05, 4.69) is 60.5 Å². The molecule has 1 aliphatic heterocycles. The third-order valence-corrected chi connectivity index (χ3v) is 7.70. The van der Waals surface area contributed by atoms with Gasteiger partial charge in [0.1, 0.15) is 5.67 Å². The number of nitrogens with one attached hydrogen (secondary N) is 2. The smallest absolute Gasteiger partial charge is 0.130 e. The van der Waals surface area contributed by atoms with Gasteiger partial charge in [0.25, 0.3) is 0 Å². The number of halogens is 1. The number of aryl methyl sites for hydroxylation is 2. The number of alkyl halides is 1. The van der Waals surface area contributed by atoms with Crippen molar-refractivity contribution >= 4 is 17.1 Å². The van der Waals surface area contributed by atoms with Crippen molar-refractivity contribution in [3.63, 3.8) is 0 Å². The molecule has 2 atom stereocenters. The summed E-state index contributed by atoms with van der Waals surface area (Å²) in [5.74, 6) is 0.383. The van der Waals surface area contributed by atoms with Crippen molar-refractivity contribution in [1.82, 2.24) is 5.32 Å². The molecule has 35 heavy (non-hydrogen) atoms. The van der Waals surface area contributed by atoms with E-state index in [1.807, 2.05) is 25.1 Å². The number of hydrogen-bond acceptors (Lipinski definition) is 3. The Balaban J connectivity index is 1.37. The number of anilines is 2. The van der Waals surface area contributed by atoms with Gasteiger partial charge in [0, 0.05) is 47.5 Å². The van der Waals surface area contributed by atoms with Crippen molar-refractivity contribution < 1.29 is 4.39 Å². The highest BCUT2D eigenvalue weighted by Crippen LogP contribution is 2.35. The average molecular weight is 474 g/mol. The van der Waals surface area contributed by atoms with Crippen LogP contribution in [0.4, 0.5) is 15.8 Å². The normalized spacial score (nSPS) is 20.3. The fraction of sp³-hybridized carbons (Fsp3) is 0.419. The van der Waals surface area contributed by atoms with Gasteiger partial charge >= 0.3 is 0 Å². The standard InChI is InChI=1S/C31H40FN3/c1-20-17-27(31(5,6)32)14-15-29(20)34-23(4)24-9-8-10-28(19-24)33-22(3)25-13-16-30-26(18-25)12-11-21(2)35(30)7/h13-18,24,28,33-34H,2-4,8-12,19H2,1,5-7H3. The molecule has 0 saturated heterocycles. The van der Waals surface area contributed by atoms with Crippen LogP contribution in [0.1, 0.15) is 68.2 Å². The second-order valence-electron chi connectivity index (χ2n) is 10.8. The summed E-state index contributed by atoms with van der Waals surface area (Å²) in [4.78, 5) is 2.19. The van der Waals surface area contributed by atoms with Crippen molar-refractivity contribution in [2.24, 2.45) is 5.92 Å². The lowest BCUT2D eigenvalue weighted by Crippen LogP contribution is -2.34. The van der Waals surface area contributed by atoms with Gasteiger partial charge in [-0.05, 0) is 93.3 Å². The first-order valence-corrected chi connectivity index (χ1v) is 12.8. The lowest BCUT2D eigenvalue weighted by Gasteiger charge is -2.33. The van der Waals surface area contributed by atoms with Crippen LogP contribution in [0.5, 0.6) is 0 Å². The molecule has 3 nitrogen and oxygen atoms in total. The van der Waals surface area contributed by atoms with Crippen LogP contribution in [-0.4, -0.2) is 13.1 Å². The molecule has 1 saturated carbocycles. The quantitative estimate of drug-likeness (QED) is 0.429. The Kier molecular flexibility index (Phi) is 7.12. The Labute approximate surface area is 210 Å². The van der Waals surface area contributed by atoms with Gasteiger partial charge in [-0.2, -0.15) is 0 Å². The van der Waals surface area contributed by atoms with Crippen molar-refractivity contribution in [3.05, 3.63) is 89.8 Å². The third-order valence-electron chi connectivity index (χ3n) is 7.70. The Hall–Kier alpha value is -3.01. The molecule has 2 aliphatic rings. The second kappa shape index (κ2) is 9.93. The summed E-state index contributed by atoms with van der Waals surface area (Å²) in [7, 11) is 2.09. The predicted octanol–water partition coefficient (Wildman–Crippen LogP) is 7.84. The summed E-state index contributed by atoms with van der Waals surface area (Å²) >= 11 is 0. The highest BCUT2D eigenvalue weighted by molar-refractivity contribution is 5.69. The van der Waals surface area contributed by atoms with E-state index in [0.717, 1.165) is 66.7 Å². The molecule has 2 aromatic rings. The van der Waals surface area contributed by atoms with Crippen molar-refractivity contribution in [1.29, 1.82) is 0 Å². The predicted molar refractivity (Wildman–Crippen MR) is 148 cm³/mol. The molecule has 0 amide bonds. The third kappa shape index (κ3) is 5.63. The number of fused-ring (bicyclic) bond motifs is 1. The fourth-order valence-electron chi connectivity index (χ4n) is 5.33. The zero-order valence-electron chi connectivity index (χ0n) is 21.8. The minimum absolute atomic E-state index is 0.370. The number of benzene rings is 2. The Morgan fingerprint density at radius 1 is 1.09 bits per heavy atom. The summed E-state index contributed by atoms with van der Waals surface area (Å²) in [5.41, 5.74) is 8.36. The minimum Gasteiger partial charge on any atom is -0.382 e. The van der Waals surface area contributed by atoms with Crippen molar-refractivity contribution in [2.75, 3.05) is 17.3 Å². The van der Waals surface area contributed by atoms with Crippen LogP contribution in [-0.2, 0) is 12.1 Å². The van der Waals surface area contributed by atoms with E-state index in [4.69, 9.17) is 0 Å². The lowest BCUT2D eigenvalue weighted by molar-refractivity contribution is 0.221. The Morgan fingerprint density at radius 2 is 1.86 bits per heavy atom. The first-order valence-electron chi connectivity index (χ1n) is 12.8. The molecule has 2 N–H and O–H groups in total. The number of hydrogen-bond donors (Lipinski definition) is 2. The largest absolute Gasteiger partial charge is 0.382 e. The molecule has 1 aliphatic carbocycles. The maximum Gasteiger partial charge on any atom is 0.130 e. The van der Waals surface area contributed by atoms with E-state index in [0.29, 0.717) is 17.5 Å². The molecule has 0 radical (unpaired) electrons. The fourth-order valence-corrected chi connectivity index (χ4v) is 5.33. The van der Waals surface area contributed by atoms with E-state index in [9.17, 15) is 4.39 Å². The summed E-state index contributed by atoms with van der Waals surface area (Å²) in [6.07, 6.45) is 6.46. The van der Waals surface area contributed by atoms with Gasteiger partial charge in [-0.15, -0.1) is 0 Å². The zero-order chi connectivity index (χ0) is 25.3. The van der Waals surface area contributed by atoms with Crippen LogP contribution in [0.3, 0.4) is 0 Å². The van der Waals surface area contributed by atoms with Gasteiger partial charge in [0.15, 0.2) is 0 Å². The Bertz CT molecular complexity index is 1140. The van der Waals surface area contributed by atoms with Crippen LogP contribution < -0.4 is 15.5 Å². The van der Waals surface area contributed by atoms with Gasteiger partial charge in [0.05, 0.1) is 0 Å². The molecule has 0 aromatic heterocycles. The molecule has 1 fully saturated rings. The van der Waals surface area contributed by atoms with E-state index >= 15 is 0 Å². The molecular formula is C31H40FN3. The SMILES string of the molecule is C=C(NC1CCCC(C(=C)Nc2ccc(C(C)(C)F)cc2C)C1)c1ccc2c(c1)CCC(=C)N2C. The molecule has 2 unspecified atom stereocenters. The second-order valence-corrected chi connectivity index (χ2v) is 10.8. The van der Waals surface area contributed by atoms with Crippen LogP contribution in [0.2, 0.25) is 0 Å². The summed E-state index contributed by atoms with van der Waals surface area (Å²) in [6.45, 7) is 18.1. The van der Waals surface area contributed by atoms with Crippen LogP contribution in [0.15, 0.2) is 67.5 Å². The van der Waals surface area contributed by atoms with E-state index in [-0.39, 0.29) is 0 Å². The molecule has 186 valence electrons. The number of nitrogens with zero attached hydrogens (tertiary/aromatic N) is 1. The van der Waals surface area contributed by atoms with Crippen molar-refractivity contribution in [2.45, 2.75) is 71.0 Å². The summed E-state index contributed by atoms with van der Waals surface area (Å²) < 4.78 is 14.3. The van der Waals surface area contributed by atoms with Crippen LogP contribution >= 0.6 is 0 Å². The van der Waals surface area contributed by atoms with Gasteiger partial charge in [0.2, 0.25) is 0 Å². The van der Waals surface area contributed by atoms with Gasteiger partial charge in [-0.1, -0.05) is 44.4 Å². The monoisotopic (exact) mass is 473 g/mol. The summed E-state index contributed by atoms with van der Waals surface area (Å²) in [5, 5.41) is 7.24. The van der Waals surface area contributed by atoms with E-state index in [1.165, 1.54) is 16.9 Å². The number of rotatable bonds is 7. The topological polar surface area (TPSA) is 27.3 Å². The molecule has 1 heterocycles. The highest BCUT2D eigenvalue weighted by atomic mass is 19.1. The average Bonchev–Trinajstić information content (AvgIpc) is 2.82.